The van der Waals surface area contributed by atoms with E-state index in [2.05, 4.69) is 33.1 Å². The van der Waals surface area contributed by atoms with E-state index in [1.165, 1.54) is 0 Å². The number of nitrogens with one attached hydrogen (secondary N) is 1. The highest BCUT2D eigenvalue weighted by Gasteiger charge is 2.15. The maximum Gasteiger partial charge on any atom is 0.126 e. The minimum absolute atomic E-state index is 0.236. The van der Waals surface area contributed by atoms with Crippen LogP contribution in [0.15, 0.2) is 53.5 Å². The molecule has 0 bridgehead atoms. The van der Waals surface area contributed by atoms with Gasteiger partial charge in [0.15, 0.2) is 0 Å². The second kappa shape index (κ2) is 8.11. The second-order valence-corrected chi connectivity index (χ2v) is 9.30. The van der Waals surface area contributed by atoms with E-state index in [1.807, 2.05) is 50.3 Å². The summed E-state index contributed by atoms with van der Waals surface area (Å²) in [6.45, 7) is 7.69. The minimum Gasteiger partial charge on any atom is -0.507 e. The number of halogens is 1. The van der Waals surface area contributed by atoms with E-state index in [4.69, 9.17) is 0 Å². The summed E-state index contributed by atoms with van der Waals surface area (Å²) in [5.41, 5.74) is 3.01. The highest BCUT2D eigenvalue weighted by atomic mass is 79.9. The summed E-state index contributed by atoms with van der Waals surface area (Å²) in [6.07, 6.45) is 10.8. The highest BCUT2D eigenvalue weighted by molar-refractivity contribution is 9.09. The zero-order valence-corrected chi connectivity index (χ0v) is 17.0. The number of aromatic hydroxyl groups is 1. The summed E-state index contributed by atoms with van der Waals surface area (Å²) in [4.78, 5) is 0.957. The maximum atomic E-state index is 13.0. The normalized spacial score (nSPS) is 19.5. The van der Waals surface area contributed by atoms with Crippen molar-refractivity contribution < 1.29 is 9.32 Å². The number of phenols is 1. The fraction of sp³-hybridized carbons (Fsp3) is 0.250. The highest BCUT2D eigenvalue weighted by Crippen LogP contribution is 2.31. The van der Waals surface area contributed by atoms with Gasteiger partial charge in [-0.15, -0.1) is 0 Å². The SMILES string of the molecule is C=C(C)/C=C\c1cc(NS(=C)(=O)C2=CCC(Br)C=C2)cc(CC)c1O. The fourth-order valence-corrected chi connectivity index (χ4v) is 4.09. The molecule has 1 aromatic rings. The molecular weight excluding hydrogens is 398 g/mol. The lowest BCUT2D eigenvalue weighted by Gasteiger charge is -2.18. The summed E-state index contributed by atoms with van der Waals surface area (Å²) < 4.78 is 16.1. The number of hydrogen-bond donors (Lipinski definition) is 2. The standard InChI is InChI=1S/C20H24BrNO2S/c1-5-15-12-18(13-16(20(15)23)7-6-14(2)3)22-25(4,24)19-10-8-17(21)9-11-19/h6-8,10-13,17,23H,2,4-5,9H2,1,3H3,(H,22,24)/b7-6-. The molecule has 0 saturated carbocycles. The van der Waals surface area contributed by atoms with Crippen LogP contribution in [0, 0.1) is 0 Å². The molecule has 0 heterocycles. The number of alkyl halides is 1. The number of hydrogen-bond acceptors (Lipinski definition) is 2. The minimum atomic E-state index is -2.67. The molecule has 0 saturated heterocycles. The Labute approximate surface area is 159 Å². The first kappa shape index (κ1) is 19.6. The predicted molar refractivity (Wildman–Crippen MR) is 115 cm³/mol. The molecule has 0 spiro atoms. The molecule has 0 amide bonds. The molecule has 0 aliphatic heterocycles. The Morgan fingerprint density at radius 2 is 2.24 bits per heavy atom. The van der Waals surface area contributed by atoms with Crippen LogP contribution in [0.2, 0.25) is 0 Å². The van der Waals surface area contributed by atoms with Gasteiger partial charge in [0, 0.05) is 21.0 Å². The Bertz CT molecular complexity index is 864. The molecule has 3 nitrogen and oxygen atoms in total. The van der Waals surface area contributed by atoms with Gasteiger partial charge < -0.3 is 9.83 Å². The molecule has 1 aliphatic carbocycles. The fourth-order valence-electron chi connectivity index (χ4n) is 2.47. The molecule has 25 heavy (non-hydrogen) atoms. The van der Waals surface area contributed by atoms with Crippen LogP contribution in [-0.4, -0.2) is 20.0 Å². The third-order valence-corrected chi connectivity index (χ3v) is 6.13. The smallest absolute Gasteiger partial charge is 0.126 e. The first-order chi connectivity index (χ1) is 11.7. The summed E-state index contributed by atoms with van der Waals surface area (Å²) in [5, 5.41) is 10.4. The van der Waals surface area contributed by atoms with Crippen molar-refractivity contribution in [2.24, 2.45) is 0 Å². The molecule has 2 atom stereocenters. The lowest BCUT2D eigenvalue weighted by atomic mass is 10.0. The van der Waals surface area contributed by atoms with Gasteiger partial charge in [0.2, 0.25) is 0 Å². The molecule has 2 rings (SSSR count). The van der Waals surface area contributed by atoms with E-state index >= 15 is 0 Å². The summed E-state index contributed by atoms with van der Waals surface area (Å²) in [5.74, 6) is 4.12. The maximum absolute atomic E-state index is 13.0. The molecule has 2 unspecified atom stereocenters. The van der Waals surface area contributed by atoms with Gasteiger partial charge in [-0.05, 0) is 49.4 Å². The molecule has 2 N–H and O–H groups in total. The van der Waals surface area contributed by atoms with Crippen molar-refractivity contribution >= 4 is 43.3 Å². The van der Waals surface area contributed by atoms with Crippen LogP contribution in [0.5, 0.6) is 5.75 Å². The van der Waals surface area contributed by atoms with Crippen LogP contribution < -0.4 is 4.72 Å². The number of allylic oxidation sites excluding steroid dienone is 5. The molecule has 0 fully saturated rings. The molecule has 1 aliphatic rings. The third kappa shape index (κ3) is 5.13. The van der Waals surface area contributed by atoms with E-state index in [1.54, 1.807) is 6.07 Å². The lowest BCUT2D eigenvalue weighted by molar-refractivity contribution is 0.467. The summed E-state index contributed by atoms with van der Waals surface area (Å²) in [6, 6.07) is 3.60. The van der Waals surface area contributed by atoms with Gasteiger partial charge in [-0.1, -0.05) is 59.3 Å². The van der Waals surface area contributed by atoms with Crippen molar-refractivity contribution in [1.29, 1.82) is 0 Å². The van der Waals surface area contributed by atoms with Crippen LogP contribution in [0.4, 0.5) is 5.69 Å². The van der Waals surface area contributed by atoms with Crippen molar-refractivity contribution in [3.8, 4) is 5.75 Å². The molecular formula is C20H24BrNO2S. The molecule has 0 aromatic heterocycles. The van der Waals surface area contributed by atoms with Gasteiger partial charge in [0.25, 0.3) is 0 Å². The van der Waals surface area contributed by atoms with Crippen LogP contribution in [0.3, 0.4) is 0 Å². The van der Waals surface area contributed by atoms with Crippen LogP contribution in [-0.2, 0) is 16.1 Å². The predicted octanol–water partition coefficient (Wildman–Crippen LogP) is 5.19. The van der Waals surface area contributed by atoms with E-state index in [0.717, 1.165) is 17.6 Å². The second-order valence-electron chi connectivity index (χ2n) is 6.10. The van der Waals surface area contributed by atoms with Crippen molar-refractivity contribution in [1.82, 2.24) is 0 Å². The Morgan fingerprint density at radius 1 is 1.52 bits per heavy atom. The number of benzene rings is 1. The molecule has 0 radical (unpaired) electrons. The Kier molecular flexibility index (Phi) is 6.36. The van der Waals surface area contributed by atoms with Crippen molar-refractivity contribution in [2.75, 3.05) is 4.72 Å². The van der Waals surface area contributed by atoms with Crippen molar-refractivity contribution in [3.63, 3.8) is 0 Å². The van der Waals surface area contributed by atoms with Crippen molar-refractivity contribution in [2.45, 2.75) is 31.5 Å². The first-order valence-corrected chi connectivity index (χ1v) is 10.7. The van der Waals surface area contributed by atoms with Gasteiger partial charge in [-0.3, -0.25) is 0 Å². The lowest BCUT2D eigenvalue weighted by Crippen LogP contribution is -2.16. The van der Waals surface area contributed by atoms with Gasteiger partial charge in [0.05, 0.1) is 9.71 Å². The van der Waals surface area contributed by atoms with Crippen LogP contribution >= 0.6 is 15.9 Å². The van der Waals surface area contributed by atoms with Crippen LogP contribution in [0.25, 0.3) is 6.08 Å². The Morgan fingerprint density at radius 3 is 2.80 bits per heavy atom. The molecule has 134 valence electrons. The average molecular weight is 422 g/mol. The van der Waals surface area contributed by atoms with E-state index in [9.17, 15) is 9.32 Å². The quantitative estimate of drug-likeness (QED) is 0.287. The van der Waals surface area contributed by atoms with Gasteiger partial charge in [0.1, 0.15) is 5.75 Å². The summed E-state index contributed by atoms with van der Waals surface area (Å²) in [7, 11) is -2.67. The number of phenolic OH excluding ortho intramolecular Hbond substituents is 1. The van der Waals surface area contributed by atoms with E-state index < -0.39 is 9.71 Å². The zero-order chi connectivity index (χ0) is 18.6. The topological polar surface area (TPSA) is 49.3 Å². The molecule has 1 aromatic carbocycles. The van der Waals surface area contributed by atoms with Gasteiger partial charge in [-0.2, -0.15) is 0 Å². The summed E-state index contributed by atoms with van der Waals surface area (Å²) >= 11 is 3.51. The average Bonchev–Trinajstić information content (AvgIpc) is 2.55. The molecule has 5 heteroatoms. The Balaban J connectivity index is 2.37. The number of rotatable bonds is 6. The van der Waals surface area contributed by atoms with E-state index in [0.29, 0.717) is 22.6 Å². The zero-order valence-electron chi connectivity index (χ0n) is 14.6. The van der Waals surface area contributed by atoms with E-state index in [-0.39, 0.29) is 10.6 Å². The number of aryl methyl sites for hydroxylation is 1. The van der Waals surface area contributed by atoms with Gasteiger partial charge in [-0.25, -0.2) is 4.21 Å². The van der Waals surface area contributed by atoms with Gasteiger partial charge >= 0.3 is 0 Å². The Hall–Kier alpha value is -1.72. The third-order valence-electron chi connectivity index (χ3n) is 3.82. The largest absolute Gasteiger partial charge is 0.507 e. The monoisotopic (exact) mass is 421 g/mol. The van der Waals surface area contributed by atoms with Crippen LogP contribution in [0.1, 0.15) is 31.4 Å². The van der Waals surface area contributed by atoms with Crippen molar-refractivity contribution in [3.05, 3.63) is 64.6 Å². The number of anilines is 1. The first-order valence-electron chi connectivity index (χ1n) is 8.10.